The van der Waals surface area contributed by atoms with Crippen LogP contribution in [-0.4, -0.2) is 21.3 Å². The van der Waals surface area contributed by atoms with Gasteiger partial charge in [0.05, 0.1) is 30.0 Å². The van der Waals surface area contributed by atoms with Crippen molar-refractivity contribution in [1.29, 1.82) is 0 Å². The molecule has 2 aromatic carbocycles. The molecule has 0 fully saturated rings. The smallest absolute Gasteiger partial charge is 0.262 e. The lowest BCUT2D eigenvalue weighted by molar-refractivity contribution is 0.285. The van der Waals surface area contributed by atoms with Crippen LogP contribution in [0.1, 0.15) is 35.9 Å². The second-order valence-electron chi connectivity index (χ2n) is 8.21. The van der Waals surface area contributed by atoms with Crippen molar-refractivity contribution >= 4 is 11.3 Å². The van der Waals surface area contributed by atoms with E-state index in [1.165, 1.54) is 11.3 Å². The first kappa shape index (κ1) is 23.9. The van der Waals surface area contributed by atoms with E-state index >= 15 is 0 Å². The molecule has 6 heteroatoms. The van der Waals surface area contributed by atoms with E-state index in [0.29, 0.717) is 36.7 Å². The first-order valence-electron chi connectivity index (χ1n) is 11.7. The molecule has 34 heavy (non-hydrogen) atoms. The van der Waals surface area contributed by atoms with Crippen molar-refractivity contribution in [3.63, 3.8) is 0 Å². The van der Waals surface area contributed by atoms with Crippen LogP contribution in [0, 0.1) is 6.92 Å². The van der Waals surface area contributed by atoms with Gasteiger partial charge in [0, 0.05) is 16.3 Å². The average molecular weight is 475 g/mol. The maximum Gasteiger partial charge on any atom is 0.262 e. The summed E-state index contributed by atoms with van der Waals surface area (Å²) in [6, 6.07) is 21.7. The molecular formula is C28H30N2O3S. The lowest BCUT2D eigenvalue weighted by Gasteiger charge is -2.18. The number of nitrogens with zero attached hydrogens (tertiary/aromatic N) is 2. The zero-order valence-electron chi connectivity index (χ0n) is 19.7. The summed E-state index contributed by atoms with van der Waals surface area (Å²) in [6.45, 7) is 5.09. The molecule has 5 nitrogen and oxygen atoms in total. The molecule has 4 rings (SSSR count). The van der Waals surface area contributed by atoms with E-state index in [4.69, 9.17) is 9.72 Å². The molecule has 0 aliphatic rings. The average Bonchev–Trinajstić information content (AvgIpc) is 3.33. The normalized spacial score (nSPS) is 11.0. The molecule has 2 heterocycles. The molecule has 2 aromatic heterocycles. The predicted molar refractivity (Wildman–Crippen MR) is 138 cm³/mol. The summed E-state index contributed by atoms with van der Waals surface area (Å²) in [4.78, 5) is 20.5. The fraction of sp³-hybridized carbons (Fsp3) is 0.286. The van der Waals surface area contributed by atoms with E-state index in [-0.39, 0.29) is 12.2 Å². The summed E-state index contributed by atoms with van der Waals surface area (Å²) in [7, 11) is 0. The standard InChI is InChI=1S/C28H30N2O3S/c1-3-4-18-33-24-13-9-8-12-23(24)27-29-20(2)26(25-15-14-22(19-31)34-25)28(32)30(27)17-16-21-10-6-5-7-11-21/h5-15,31H,3-4,16-19H2,1-2H3. The van der Waals surface area contributed by atoms with Crippen LogP contribution in [0.5, 0.6) is 5.75 Å². The van der Waals surface area contributed by atoms with Gasteiger partial charge >= 0.3 is 0 Å². The number of unbranched alkanes of at least 4 members (excludes halogenated alkanes) is 1. The Morgan fingerprint density at radius 3 is 2.53 bits per heavy atom. The van der Waals surface area contributed by atoms with Crippen molar-refractivity contribution in [2.24, 2.45) is 0 Å². The van der Waals surface area contributed by atoms with E-state index in [1.54, 1.807) is 4.57 Å². The minimum atomic E-state index is -0.0758. The Hall–Kier alpha value is -3.22. The second-order valence-corrected chi connectivity index (χ2v) is 9.38. The number of hydrogen-bond acceptors (Lipinski definition) is 5. The van der Waals surface area contributed by atoms with Crippen molar-refractivity contribution in [1.82, 2.24) is 9.55 Å². The van der Waals surface area contributed by atoms with Crippen molar-refractivity contribution in [2.75, 3.05) is 6.61 Å². The van der Waals surface area contributed by atoms with Gasteiger partial charge in [0.25, 0.3) is 5.56 Å². The number of aliphatic hydroxyl groups excluding tert-OH is 1. The van der Waals surface area contributed by atoms with Gasteiger partial charge in [-0.25, -0.2) is 4.98 Å². The highest BCUT2D eigenvalue weighted by Gasteiger charge is 2.20. The summed E-state index contributed by atoms with van der Waals surface area (Å²) in [5.41, 5.74) is 3.17. The van der Waals surface area contributed by atoms with Gasteiger partial charge in [0.2, 0.25) is 0 Å². The predicted octanol–water partition coefficient (Wildman–Crippen LogP) is 5.86. The van der Waals surface area contributed by atoms with Crippen LogP contribution in [0.4, 0.5) is 0 Å². The summed E-state index contributed by atoms with van der Waals surface area (Å²) in [5, 5.41) is 9.51. The summed E-state index contributed by atoms with van der Waals surface area (Å²) in [6.07, 6.45) is 2.72. The highest BCUT2D eigenvalue weighted by Crippen LogP contribution is 2.32. The Labute approximate surface area is 204 Å². The van der Waals surface area contributed by atoms with Crippen LogP contribution in [0.15, 0.2) is 71.5 Å². The Kier molecular flexibility index (Phi) is 7.93. The first-order chi connectivity index (χ1) is 16.6. The number of aromatic nitrogens is 2. The number of benzene rings is 2. The van der Waals surface area contributed by atoms with Gasteiger partial charge in [-0.05, 0) is 49.6 Å². The van der Waals surface area contributed by atoms with E-state index in [2.05, 4.69) is 19.1 Å². The minimum absolute atomic E-state index is 0.0418. The zero-order chi connectivity index (χ0) is 23.9. The van der Waals surface area contributed by atoms with E-state index in [1.807, 2.05) is 61.5 Å². The number of hydrogen-bond donors (Lipinski definition) is 1. The molecule has 4 aromatic rings. The monoisotopic (exact) mass is 474 g/mol. The maximum atomic E-state index is 13.9. The number of rotatable bonds is 10. The number of aryl methyl sites for hydroxylation is 2. The SMILES string of the molecule is CCCCOc1ccccc1-c1nc(C)c(-c2ccc(CO)s2)c(=O)n1CCc1ccccc1. The number of ether oxygens (including phenoxy) is 1. The molecule has 0 unspecified atom stereocenters. The van der Waals surface area contributed by atoms with Crippen molar-refractivity contribution in [3.05, 3.63) is 93.2 Å². The number of para-hydroxylation sites is 1. The van der Waals surface area contributed by atoms with Gasteiger partial charge in [0.15, 0.2) is 0 Å². The molecular weight excluding hydrogens is 444 g/mol. The van der Waals surface area contributed by atoms with Gasteiger partial charge in [0.1, 0.15) is 11.6 Å². The second kappa shape index (κ2) is 11.3. The fourth-order valence-electron chi connectivity index (χ4n) is 3.94. The van der Waals surface area contributed by atoms with Gasteiger partial charge in [-0.15, -0.1) is 11.3 Å². The molecule has 1 N–H and O–H groups in total. The highest BCUT2D eigenvalue weighted by molar-refractivity contribution is 7.15. The van der Waals surface area contributed by atoms with E-state index in [0.717, 1.165) is 39.5 Å². The lowest BCUT2D eigenvalue weighted by Crippen LogP contribution is -2.27. The Morgan fingerprint density at radius 2 is 1.79 bits per heavy atom. The largest absolute Gasteiger partial charge is 0.493 e. The quantitative estimate of drug-likeness (QED) is 0.292. The van der Waals surface area contributed by atoms with Gasteiger partial charge in [-0.1, -0.05) is 55.8 Å². The molecule has 0 saturated heterocycles. The first-order valence-corrected chi connectivity index (χ1v) is 12.5. The molecule has 0 atom stereocenters. The summed E-state index contributed by atoms with van der Waals surface area (Å²) in [5.74, 6) is 1.36. The lowest BCUT2D eigenvalue weighted by atomic mass is 10.1. The summed E-state index contributed by atoms with van der Waals surface area (Å²) < 4.78 is 7.85. The molecule has 0 radical (unpaired) electrons. The molecule has 0 bridgehead atoms. The minimum Gasteiger partial charge on any atom is -0.493 e. The van der Waals surface area contributed by atoms with Crippen molar-refractivity contribution in [2.45, 2.75) is 46.3 Å². The molecule has 0 aliphatic carbocycles. The van der Waals surface area contributed by atoms with E-state index in [9.17, 15) is 9.90 Å². The number of aliphatic hydroxyl groups is 1. The van der Waals surface area contributed by atoms with Gasteiger partial charge < -0.3 is 9.84 Å². The molecule has 176 valence electrons. The van der Waals surface area contributed by atoms with Crippen LogP contribution < -0.4 is 10.3 Å². The van der Waals surface area contributed by atoms with Crippen molar-refractivity contribution < 1.29 is 9.84 Å². The molecule has 0 saturated carbocycles. The third-order valence-corrected chi connectivity index (χ3v) is 6.85. The van der Waals surface area contributed by atoms with Crippen LogP contribution >= 0.6 is 11.3 Å². The van der Waals surface area contributed by atoms with Gasteiger partial charge in [-0.3, -0.25) is 9.36 Å². The Balaban J connectivity index is 1.83. The maximum absolute atomic E-state index is 13.9. The molecule has 0 spiro atoms. The Morgan fingerprint density at radius 1 is 1.03 bits per heavy atom. The van der Waals surface area contributed by atoms with Crippen LogP contribution in [0.3, 0.4) is 0 Å². The fourth-order valence-corrected chi connectivity index (χ4v) is 4.90. The zero-order valence-corrected chi connectivity index (χ0v) is 20.5. The Bertz CT molecular complexity index is 1290. The topological polar surface area (TPSA) is 64.3 Å². The summed E-state index contributed by atoms with van der Waals surface area (Å²) >= 11 is 1.43. The van der Waals surface area contributed by atoms with Crippen LogP contribution in [0.2, 0.25) is 0 Å². The van der Waals surface area contributed by atoms with Gasteiger partial charge in [-0.2, -0.15) is 0 Å². The molecule has 0 aliphatic heterocycles. The molecule has 0 amide bonds. The highest BCUT2D eigenvalue weighted by atomic mass is 32.1. The third-order valence-electron chi connectivity index (χ3n) is 5.76. The van der Waals surface area contributed by atoms with E-state index < -0.39 is 0 Å². The number of thiophene rings is 1. The van der Waals surface area contributed by atoms with Crippen molar-refractivity contribution in [3.8, 4) is 27.6 Å². The van der Waals surface area contributed by atoms with Crippen LogP contribution in [-0.2, 0) is 19.6 Å². The van der Waals surface area contributed by atoms with Crippen LogP contribution in [0.25, 0.3) is 21.8 Å². The third kappa shape index (κ3) is 5.29.